The maximum absolute atomic E-state index is 12.4. The first kappa shape index (κ1) is 62.0. The number of aromatic nitrogens is 2. The SMILES string of the molecule is CCCCCCCCCCCCCCCC(Cl)OC(=O)CC.CCCCCCCCCCCCCCCC(OC(=O)CC)[N+]1(C)CCC=C(c2nsnc2OCCCCCC)C1.[I-]. The molecule has 0 aromatic carbocycles. The van der Waals surface area contributed by atoms with Crippen molar-refractivity contribution in [2.45, 2.75) is 271 Å². The molecule has 8 nitrogen and oxygen atoms in total. The molecule has 0 saturated carbocycles. The van der Waals surface area contributed by atoms with Crippen LogP contribution in [0, 0.1) is 0 Å². The van der Waals surface area contributed by atoms with Crippen LogP contribution < -0.4 is 28.7 Å². The average molecular weight is 1040 g/mol. The van der Waals surface area contributed by atoms with E-state index in [4.69, 9.17) is 25.8 Å². The monoisotopic (exact) mass is 1040 g/mol. The minimum atomic E-state index is -0.430. The summed E-state index contributed by atoms with van der Waals surface area (Å²) in [5, 5.41) is 0. The summed E-state index contributed by atoms with van der Waals surface area (Å²) >= 11 is 7.18. The summed E-state index contributed by atoms with van der Waals surface area (Å²) in [6.45, 7) is 12.9. The third-order valence-corrected chi connectivity index (χ3v) is 13.3. The molecule has 3 unspecified atom stereocenters. The number of quaternary nitrogens is 1. The maximum Gasteiger partial charge on any atom is 0.309 e. The molecular formula is C52H97ClIN3O5S. The average Bonchev–Trinajstić information content (AvgIpc) is 3.75. The number of ether oxygens (including phenoxy) is 3. The molecule has 0 bridgehead atoms. The normalized spacial score (nSPS) is 15.7. The first-order chi connectivity index (χ1) is 30.2. The Kier molecular flexibility index (Phi) is 42.9. The Balaban J connectivity index is 0.00000142. The topological polar surface area (TPSA) is 87.6 Å². The van der Waals surface area contributed by atoms with E-state index in [2.05, 4.69) is 42.6 Å². The minimum Gasteiger partial charge on any atom is -1.00 e. The molecule has 370 valence electrons. The molecule has 0 saturated heterocycles. The van der Waals surface area contributed by atoms with E-state index in [0.29, 0.717) is 29.8 Å². The number of halogens is 2. The van der Waals surface area contributed by atoms with Gasteiger partial charge in [0.1, 0.15) is 12.2 Å². The number of likely N-dealkylation sites (N-methyl/N-ethyl adjacent to an activating group) is 1. The molecule has 11 heteroatoms. The van der Waals surface area contributed by atoms with Crippen molar-refractivity contribution < 1.29 is 52.3 Å². The van der Waals surface area contributed by atoms with Gasteiger partial charge in [0.05, 0.1) is 31.9 Å². The zero-order valence-corrected chi connectivity index (χ0v) is 45.4. The highest BCUT2D eigenvalue weighted by Gasteiger charge is 2.39. The number of esters is 2. The van der Waals surface area contributed by atoms with Crippen LogP contribution in [0.3, 0.4) is 0 Å². The predicted octanol–water partition coefficient (Wildman–Crippen LogP) is 13.5. The first-order valence-electron chi connectivity index (χ1n) is 26.3. The lowest BCUT2D eigenvalue weighted by atomic mass is 10.0. The Labute approximate surface area is 414 Å². The van der Waals surface area contributed by atoms with Gasteiger partial charge >= 0.3 is 11.9 Å². The molecule has 1 aliphatic heterocycles. The van der Waals surface area contributed by atoms with Gasteiger partial charge < -0.3 is 38.2 Å². The van der Waals surface area contributed by atoms with E-state index >= 15 is 0 Å². The van der Waals surface area contributed by atoms with E-state index in [1.807, 2.05) is 6.92 Å². The molecule has 2 rings (SSSR count). The maximum atomic E-state index is 12.4. The minimum absolute atomic E-state index is 0. The number of hydrogen-bond donors (Lipinski definition) is 0. The standard InChI is InChI=1S/C33H60N3O3S.C19H37ClO2.HI/c1-5-8-10-12-13-14-15-16-17-18-19-20-21-25-30(39-31(37)7-3)36(4)26-23-24-29(28-36)32-33(35-40-34-32)38-27-22-11-9-6-2;1-3-5-6-7-8-9-10-11-12-13-14-15-16-17-18(20)22-19(21)4-2;/h24,30H,5-23,25-28H2,1-4H3;18H,3-17H2,1-2H3;1H/q+1;;/p-1. The van der Waals surface area contributed by atoms with E-state index in [0.717, 1.165) is 57.3 Å². The van der Waals surface area contributed by atoms with Crippen LogP contribution >= 0.6 is 23.3 Å². The third kappa shape index (κ3) is 33.2. The van der Waals surface area contributed by atoms with Crippen molar-refractivity contribution in [1.29, 1.82) is 0 Å². The van der Waals surface area contributed by atoms with Crippen LogP contribution in [0.5, 0.6) is 5.88 Å². The zero-order chi connectivity index (χ0) is 45.4. The summed E-state index contributed by atoms with van der Waals surface area (Å²) < 4.78 is 26.9. The highest BCUT2D eigenvalue weighted by Crippen LogP contribution is 2.33. The van der Waals surface area contributed by atoms with Gasteiger partial charge in [0.15, 0.2) is 5.56 Å². The first-order valence-corrected chi connectivity index (χ1v) is 27.4. The summed E-state index contributed by atoms with van der Waals surface area (Å²) in [4.78, 5) is 23.5. The van der Waals surface area contributed by atoms with E-state index < -0.39 is 5.56 Å². The molecule has 2 heterocycles. The smallest absolute Gasteiger partial charge is 0.309 e. The molecule has 1 aromatic heterocycles. The summed E-state index contributed by atoms with van der Waals surface area (Å²) in [7, 11) is 2.24. The molecule has 1 aliphatic rings. The van der Waals surface area contributed by atoms with Gasteiger partial charge in [-0.15, -0.1) is 4.37 Å². The molecule has 0 fully saturated rings. The lowest BCUT2D eigenvalue weighted by Gasteiger charge is -2.42. The second-order valence-corrected chi connectivity index (χ2v) is 19.3. The Bertz CT molecular complexity index is 1240. The van der Waals surface area contributed by atoms with Crippen LogP contribution in [0.4, 0.5) is 0 Å². The van der Waals surface area contributed by atoms with E-state index in [-0.39, 0.29) is 42.1 Å². The predicted molar refractivity (Wildman–Crippen MR) is 265 cm³/mol. The summed E-state index contributed by atoms with van der Waals surface area (Å²) in [5.41, 5.74) is 1.63. The fourth-order valence-electron chi connectivity index (χ4n) is 8.33. The summed E-state index contributed by atoms with van der Waals surface area (Å²) in [6, 6.07) is 0. The molecule has 0 spiro atoms. The lowest BCUT2D eigenvalue weighted by molar-refractivity contribution is -0.947. The second kappa shape index (κ2) is 43.6. The summed E-state index contributed by atoms with van der Waals surface area (Å²) in [5.74, 6) is 0.371. The van der Waals surface area contributed by atoms with Crippen molar-refractivity contribution in [2.75, 3.05) is 26.7 Å². The van der Waals surface area contributed by atoms with E-state index in [1.165, 1.54) is 191 Å². The van der Waals surface area contributed by atoms with Crippen LogP contribution in [-0.2, 0) is 19.1 Å². The number of carbonyl (C=O) groups is 2. The Morgan fingerprint density at radius 1 is 0.603 bits per heavy atom. The van der Waals surface area contributed by atoms with Crippen LogP contribution in [0.25, 0.3) is 5.57 Å². The van der Waals surface area contributed by atoms with Crippen LogP contribution in [0.1, 0.15) is 265 Å². The number of carbonyl (C=O) groups excluding carboxylic acids is 2. The highest BCUT2D eigenvalue weighted by molar-refractivity contribution is 6.99. The fraction of sp³-hybridized carbons (Fsp3) is 0.885. The quantitative estimate of drug-likeness (QED) is 0.0213. The summed E-state index contributed by atoms with van der Waals surface area (Å²) in [6.07, 6.45) is 45.2. The van der Waals surface area contributed by atoms with Crippen LogP contribution in [0.2, 0.25) is 0 Å². The van der Waals surface area contributed by atoms with Gasteiger partial charge in [0, 0.05) is 31.3 Å². The van der Waals surface area contributed by atoms with Crippen molar-refractivity contribution >= 4 is 40.8 Å². The van der Waals surface area contributed by atoms with Crippen LogP contribution in [0.15, 0.2) is 6.08 Å². The molecule has 0 aliphatic carbocycles. The van der Waals surface area contributed by atoms with Crippen molar-refractivity contribution in [2.24, 2.45) is 0 Å². The fourth-order valence-corrected chi connectivity index (χ4v) is 9.11. The van der Waals surface area contributed by atoms with Gasteiger partial charge in [-0.1, -0.05) is 226 Å². The molecule has 0 N–H and O–H groups in total. The Morgan fingerprint density at radius 2 is 1.02 bits per heavy atom. The zero-order valence-electron chi connectivity index (χ0n) is 41.6. The Morgan fingerprint density at radius 3 is 1.48 bits per heavy atom. The Hall–Kier alpha value is -0.980. The highest BCUT2D eigenvalue weighted by atomic mass is 127. The second-order valence-electron chi connectivity index (χ2n) is 18.3. The lowest BCUT2D eigenvalue weighted by Crippen LogP contribution is -3.00. The van der Waals surface area contributed by atoms with Gasteiger partial charge in [-0.3, -0.25) is 14.1 Å². The molecule has 0 amide bonds. The number of hydrogen-bond acceptors (Lipinski definition) is 8. The van der Waals surface area contributed by atoms with Gasteiger partial charge in [0.2, 0.25) is 6.23 Å². The van der Waals surface area contributed by atoms with Gasteiger partial charge in [-0.2, -0.15) is 4.37 Å². The molecule has 3 atom stereocenters. The number of alkyl halides is 1. The van der Waals surface area contributed by atoms with Gasteiger partial charge in [-0.25, -0.2) is 0 Å². The number of unbranched alkanes of at least 4 members (excludes halogenated alkanes) is 27. The van der Waals surface area contributed by atoms with Crippen molar-refractivity contribution in [1.82, 2.24) is 8.75 Å². The van der Waals surface area contributed by atoms with Crippen molar-refractivity contribution in [3.63, 3.8) is 0 Å². The number of nitrogens with zero attached hydrogens (tertiary/aromatic N) is 3. The van der Waals surface area contributed by atoms with E-state index in [9.17, 15) is 9.59 Å². The largest absolute Gasteiger partial charge is 1.00 e. The molecule has 63 heavy (non-hydrogen) atoms. The van der Waals surface area contributed by atoms with Gasteiger partial charge in [0.25, 0.3) is 5.88 Å². The van der Waals surface area contributed by atoms with Gasteiger partial charge in [-0.05, 0) is 25.7 Å². The molecule has 1 aromatic rings. The number of rotatable bonds is 40. The van der Waals surface area contributed by atoms with Crippen molar-refractivity contribution in [3.05, 3.63) is 11.8 Å². The van der Waals surface area contributed by atoms with Crippen molar-refractivity contribution in [3.8, 4) is 5.88 Å². The van der Waals surface area contributed by atoms with E-state index in [1.54, 1.807) is 6.92 Å². The molecule has 0 radical (unpaired) electrons. The van der Waals surface area contributed by atoms with Crippen LogP contribution in [-0.4, -0.2) is 63.7 Å². The molecular weight excluding hydrogens is 941 g/mol. The third-order valence-electron chi connectivity index (χ3n) is 12.5.